The fraction of sp³-hybridized carbons (Fsp3) is 0.417. The van der Waals surface area contributed by atoms with Gasteiger partial charge in [0.2, 0.25) is 12.7 Å². The Morgan fingerprint density at radius 2 is 1.87 bits per heavy atom. The molecular weight excluding hydrogens is 396 g/mol. The topological polar surface area (TPSA) is 70.0 Å². The highest BCUT2D eigenvalue weighted by Crippen LogP contribution is 2.33. The molecule has 0 spiro atoms. The van der Waals surface area contributed by atoms with Crippen molar-refractivity contribution in [2.45, 2.75) is 47.7 Å². The summed E-state index contributed by atoms with van der Waals surface area (Å²) >= 11 is 0. The van der Waals surface area contributed by atoms with Crippen molar-refractivity contribution in [1.29, 1.82) is 0 Å². The quantitative estimate of drug-likeness (QED) is 0.470. The Bertz CT molecular complexity index is 1010. The zero-order valence-corrected chi connectivity index (χ0v) is 18.9. The molecule has 0 unspecified atom stereocenters. The van der Waals surface area contributed by atoms with Gasteiger partial charge in [0.1, 0.15) is 0 Å². The van der Waals surface area contributed by atoms with Crippen LogP contribution in [-0.4, -0.2) is 41.3 Å². The predicted molar refractivity (Wildman–Crippen MR) is 118 cm³/mol. The number of hydrogen-bond acceptors (Lipinski definition) is 5. The first kappa shape index (κ1) is 22.5. The number of aromatic nitrogens is 1. The van der Waals surface area contributed by atoms with Gasteiger partial charge in [-0.05, 0) is 58.4 Å². The second-order valence-corrected chi connectivity index (χ2v) is 7.30. The molecule has 1 aromatic heterocycles. The van der Waals surface area contributed by atoms with Gasteiger partial charge in [0, 0.05) is 42.7 Å². The van der Waals surface area contributed by atoms with Gasteiger partial charge < -0.3 is 23.7 Å². The Labute approximate surface area is 183 Å². The molecule has 31 heavy (non-hydrogen) atoms. The summed E-state index contributed by atoms with van der Waals surface area (Å²) in [5.41, 5.74) is 3.99. The smallest absolute Gasteiger partial charge is 0.340 e. The number of esters is 1. The minimum Gasteiger partial charge on any atom is -0.462 e. The number of benzene rings is 1. The summed E-state index contributed by atoms with van der Waals surface area (Å²) in [6, 6.07) is 5.69. The van der Waals surface area contributed by atoms with Gasteiger partial charge in [-0.1, -0.05) is 6.07 Å². The fourth-order valence-electron chi connectivity index (χ4n) is 3.91. The van der Waals surface area contributed by atoms with Crippen LogP contribution in [0.1, 0.15) is 53.6 Å². The van der Waals surface area contributed by atoms with Crippen LogP contribution in [-0.2, 0) is 22.6 Å². The number of hydrogen-bond donors (Lipinski definition) is 0. The van der Waals surface area contributed by atoms with Crippen LogP contribution in [0.2, 0.25) is 0 Å². The molecule has 166 valence electrons. The lowest BCUT2D eigenvalue weighted by Gasteiger charge is -2.19. The summed E-state index contributed by atoms with van der Waals surface area (Å²) in [5, 5.41) is 0. The van der Waals surface area contributed by atoms with E-state index in [1.165, 1.54) is 6.08 Å². The molecule has 1 aliphatic rings. The maximum atomic E-state index is 12.9. The van der Waals surface area contributed by atoms with Gasteiger partial charge in [-0.15, -0.1) is 0 Å². The largest absolute Gasteiger partial charge is 0.462 e. The summed E-state index contributed by atoms with van der Waals surface area (Å²) in [4.78, 5) is 27.2. The molecule has 7 nitrogen and oxygen atoms in total. The number of fused-ring (bicyclic) bond motifs is 1. The van der Waals surface area contributed by atoms with Crippen LogP contribution in [0.5, 0.6) is 11.5 Å². The standard InChI is InChI=1S/C24H30N2O5/c1-6-25(14-18-9-11-20-21(13-18)31-15-30-20)22(27)12-10-19-16(4)26(7-2)17(5)23(19)24(28)29-8-3/h9-13H,6-8,14-15H2,1-5H3/b12-10+. The van der Waals surface area contributed by atoms with E-state index in [1.807, 2.05) is 45.9 Å². The molecule has 0 radical (unpaired) electrons. The van der Waals surface area contributed by atoms with Gasteiger partial charge in [0.05, 0.1) is 12.2 Å². The maximum absolute atomic E-state index is 12.9. The molecule has 0 fully saturated rings. The van der Waals surface area contributed by atoms with Crippen molar-refractivity contribution in [3.05, 3.63) is 52.4 Å². The lowest BCUT2D eigenvalue weighted by molar-refractivity contribution is -0.126. The van der Waals surface area contributed by atoms with Crippen LogP contribution >= 0.6 is 0 Å². The number of nitrogens with zero attached hydrogens (tertiary/aromatic N) is 2. The third-order valence-corrected chi connectivity index (χ3v) is 5.52. The Morgan fingerprint density at radius 3 is 2.55 bits per heavy atom. The minimum atomic E-state index is -0.366. The number of carbonyl (C=O) groups is 2. The van der Waals surface area contributed by atoms with Crippen LogP contribution in [0.15, 0.2) is 24.3 Å². The van der Waals surface area contributed by atoms with E-state index in [0.29, 0.717) is 31.0 Å². The lowest BCUT2D eigenvalue weighted by atomic mass is 10.1. The fourth-order valence-corrected chi connectivity index (χ4v) is 3.91. The first-order valence-electron chi connectivity index (χ1n) is 10.6. The summed E-state index contributed by atoms with van der Waals surface area (Å²) in [7, 11) is 0. The third kappa shape index (κ3) is 4.60. The first-order valence-corrected chi connectivity index (χ1v) is 10.6. The first-order chi connectivity index (χ1) is 14.9. The highest BCUT2D eigenvalue weighted by atomic mass is 16.7. The van der Waals surface area contributed by atoms with Crippen LogP contribution < -0.4 is 9.47 Å². The summed E-state index contributed by atoms with van der Waals surface area (Å²) < 4.78 is 18.1. The van der Waals surface area contributed by atoms with E-state index in [2.05, 4.69) is 4.57 Å². The molecule has 3 rings (SSSR count). The Kier molecular flexibility index (Phi) is 7.05. The molecule has 7 heteroatoms. The molecule has 0 bridgehead atoms. The monoisotopic (exact) mass is 426 g/mol. The summed E-state index contributed by atoms with van der Waals surface area (Å²) in [6.45, 7) is 11.9. The SMILES string of the molecule is CCOC(=O)c1c(/C=C/C(=O)N(CC)Cc2ccc3c(c2)OCO3)c(C)n(CC)c1C. The molecule has 0 saturated heterocycles. The van der Waals surface area contributed by atoms with E-state index < -0.39 is 0 Å². The van der Waals surface area contributed by atoms with Gasteiger partial charge in [-0.2, -0.15) is 0 Å². The van der Waals surface area contributed by atoms with Crippen molar-refractivity contribution in [3.63, 3.8) is 0 Å². The highest BCUT2D eigenvalue weighted by molar-refractivity contribution is 5.98. The average molecular weight is 427 g/mol. The lowest BCUT2D eigenvalue weighted by Crippen LogP contribution is -2.28. The van der Waals surface area contributed by atoms with Crippen LogP contribution in [0.3, 0.4) is 0 Å². The van der Waals surface area contributed by atoms with E-state index in [9.17, 15) is 9.59 Å². The number of rotatable bonds is 8. The zero-order chi connectivity index (χ0) is 22.5. The molecule has 2 heterocycles. The molecule has 1 aliphatic heterocycles. The van der Waals surface area contributed by atoms with Gasteiger partial charge in [-0.25, -0.2) is 4.79 Å². The second-order valence-electron chi connectivity index (χ2n) is 7.30. The molecule has 0 aliphatic carbocycles. The number of ether oxygens (including phenoxy) is 3. The second kappa shape index (κ2) is 9.73. The Balaban J connectivity index is 1.83. The average Bonchev–Trinajstić information content (AvgIpc) is 3.31. The van der Waals surface area contributed by atoms with Crippen molar-refractivity contribution < 1.29 is 23.8 Å². The van der Waals surface area contributed by atoms with Gasteiger partial charge >= 0.3 is 5.97 Å². The predicted octanol–water partition coefficient (Wildman–Crippen LogP) is 4.09. The molecule has 0 N–H and O–H groups in total. The third-order valence-electron chi connectivity index (χ3n) is 5.52. The van der Waals surface area contributed by atoms with Crippen molar-refractivity contribution in [3.8, 4) is 11.5 Å². The van der Waals surface area contributed by atoms with Crippen molar-refractivity contribution in [2.24, 2.45) is 0 Å². The van der Waals surface area contributed by atoms with Crippen molar-refractivity contribution >= 4 is 18.0 Å². The Hall–Kier alpha value is -3.22. The van der Waals surface area contributed by atoms with E-state index in [4.69, 9.17) is 14.2 Å². The maximum Gasteiger partial charge on any atom is 0.340 e. The van der Waals surface area contributed by atoms with Gasteiger partial charge in [0.15, 0.2) is 11.5 Å². The zero-order valence-electron chi connectivity index (χ0n) is 18.9. The number of carbonyl (C=O) groups excluding carboxylic acids is 2. The molecule has 0 saturated carbocycles. The van der Waals surface area contributed by atoms with E-state index in [0.717, 1.165) is 34.8 Å². The normalized spacial score (nSPS) is 12.4. The summed E-state index contributed by atoms with van der Waals surface area (Å²) in [6.07, 6.45) is 3.26. The van der Waals surface area contributed by atoms with Crippen molar-refractivity contribution in [2.75, 3.05) is 19.9 Å². The summed E-state index contributed by atoms with van der Waals surface area (Å²) in [5.74, 6) is 0.921. The minimum absolute atomic E-state index is 0.128. The number of likely N-dealkylation sites (N-methyl/N-ethyl adjacent to an activating group) is 1. The Morgan fingerprint density at radius 1 is 1.13 bits per heavy atom. The number of amides is 1. The molecule has 2 aromatic rings. The molecule has 0 atom stereocenters. The van der Waals surface area contributed by atoms with Gasteiger partial charge in [-0.3, -0.25) is 4.79 Å². The molecular formula is C24H30N2O5. The van der Waals surface area contributed by atoms with E-state index in [1.54, 1.807) is 17.9 Å². The van der Waals surface area contributed by atoms with Crippen LogP contribution in [0.4, 0.5) is 0 Å². The van der Waals surface area contributed by atoms with Crippen LogP contribution in [0.25, 0.3) is 6.08 Å². The van der Waals surface area contributed by atoms with Gasteiger partial charge in [0.25, 0.3) is 0 Å². The molecule has 1 aromatic carbocycles. The molecule has 1 amide bonds. The highest BCUT2D eigenvalue weighted by Gasteiger charge is 2.22. The van der Waals surface area contributed by atoms with Crippen molar-refractivity contribution in [1.82, 2.24) is 9.47 Å². The van der Waals surface area contributed by atoms with E-state index in [-0.39, 0.29) is 18.7 Å². The van der Waals surface area contributed by atoms with E-state index >= 15 is 0 Å². The van der Waals surface area contributed by atoms with Crippen LogP contribution in [0, 0.1) is 13.8 Å².